The van der Waals surface area contributed by atoms with E-state index >= 15 is 0 Å². The second-order valence-corrected chi connectivity index (χ2v) is 3.38. The number of rotatable bonds is 5. The van der Waals surface area contributed by atoms with Gasteiger partial charge in [-0.05, 0) is 12.8 Å². The fraction of sp³-hybridized carbons (Fsp3) is 1.00. The highest BCUT2D eigenvalue weighted by Crippen LogP contribution is 2.21. The number of aliphatic hydroxyl groups is 1. The topological polar surface area (TPSA) is 45.3 Å². The molecule has 2 aliphatic rings. The van der Waals surface area contributed by atoms with Gasteiger partial charge in [-0.2, -0.15) is 0 Å². The molecule has 0 saturated carbocycles. The molecule has 2 heterocycles. The smallest absolute Gasteiger partial charge is 0.0834 e. The van der Waals surface area contributed by atoms with E-state index in [1.165, 1.54) is 0 Å². The molecule has 0 aromatic carbocycles. The third kappa shape index (κ3) is 2.77. The highest BCUT2D eigenvalue weighted by atomic mass is 16.6. The van der Waals surface area contributed by atoms with Crippen LogP contribution in [0.1, 0.15) is 19.3 Å². The quantitative estimate of drug-likeness (QED) is 0.586. The molecule has 2 rings (SSSR count). The largest absolute Gasteiger partial charge is 0.393 e. The van der Waals surface area contributed by atoms with Crippen LogP contribution in [-0.4, -0.2) is 36.6 Å². The predicted molar refractivity (Wildman–Crippen MR) is 39.3 cm³/mol. The van der Waals surface area contributed by atoms with Gasteiger partial charge in [0.05, 0.1) is 31.5 Å². The lowest BCUT2D eigenvalue weighted by Crippen LogP contribution is -2.10. The second kappa shape index (κ2) is 3.09. The Hall–Kier alpha value is -0.120. The van der Waals surface area contributed by atoms with Crippen LogP contribution in [0, 0.1) is 0 Å². The van der Waals surface area contributed by atoms with Gasteiger partial charge in [-0.1, -0.05) is 0 Å². The number of hydrogen-bond acceptors (Lipinski definition) is 3. The maximum Gasteiger partial charge on any atom is 0.0834 e. The van der Waals surface area contributed by atoms with Crippen molar-refractivity contribution in [3.8, 4) is 0 Å². The minimum Gasteiger partial charge on any atom is -0.393 e. The Kier molecular flexibility index (Phi) is 2.11. The normalized spacial score (nSPS) is 36.8. The van der Waals surface area contributed by atoms with Gasteiger partial charge in [-0.3, -0.25) is 0 Å². The van der Waals surface area contributed by atoms with Crippen LogP contribution in [0.2, 0.25) is 0 Å². The summed E-state index contributed by atoms with van der Waals surface area (Å²) in [5.74, 6) is 0. The number of hydrogen-bond donors (Lipinski definition) is 1. The molecular weight excluding hydrogens is 144 g/mol. The van der Waals surface area contributed by atoms with E-state index in [0.717, 1.165) is 32.5 Å². The summed E-state index contributed by atoms with van der Waals surface area (Å²) in [6.45, 7) is 1.74. The average molecular weight is 158 g/mol. The molecule has 2 aliphatic heterocycles. The molecule has 0 spiro atoms. The van der Waals surface area contributed by atoms with Crippen molar-refractivity contribution in [1.82, 2.24) is 0 Å². The Bertz CT molecular complexity index is 129. The van der Waals surface area contributed by atoms with Crippen LogP contribution < -0.4 is 0 Å². The van der Waals surface area contributed by atoms with E-state index in [9.17, 15) is 5.11 Å². The Morgan fingerprint density at radius 1 is 1.27 bits per heavy atom. The van der Waals surface area contributed by atoms with Crippen LogP contribution in [0.25, 0.3) is 0 Å². The summed E-state index contributed by atoms with van der Waals surface area (Å²) in [7, 11) is 0. The summed E-state index contributed by atoms with van der Waals surface area (Å²) in [4.78, 5) is 0. The van der Waals surface area contributed by atoms with E-state index in [1.807, 2.05) is 0 Å². The van der Waals surface area contributed by atoms with Crippen molar-refractivity contribution in [3.63, 3.8) is 0 Å². The molecule has 11 heavy (non-hydrogen) atoms. The SMILES string of the molecule is OC(CCC1CO1)CC1CO1. The summed E-state index contributed by atoms with van der Waals surface area (Å²) in [5.41, 5.74) is 0. The maximum atomic E-state index is 9.40. The first-order chi connectivity index (χ1) is 5.34. The van der Waals surface area contributed by atoms with Crippen molar-refractivity contribution in [2.75, 3.05) is 13.2 Å². The molecule has 0 aromatic rings. The zero-order valence-electron chi connectivity index (χ0n) is 6.53. The number of ether oxygens (including phenoxy) is 2. The molecule has 1 N–H and O–H groups in total. The second-order valence-electron chi connectivity index (χ2n) is 3.38. The van der Waals surface area contributed by atoms with Crippen LogP contribution in [-0.2, 0) is 9.47 Å². The van der Waals surface area contributed by atoms with Crippen molar-refractivity contribution in [3.05, 3.63) is 0 Å². The van der Waals surface area contributed by atoms with Gasteiger partial charge in [0.1, 0.15) is 0 Å². The molecule has 3 heteroatoms. The summed E-state index contributed by atoms with van der Waals surface area (Å²) in [6, 6.07) is 0. The van der Waals surface area contributed by atoms with Gasteiger partial charge >= 0.3 is 0 Å². The lowest BCUT2D eigenvalue weighted by Gasteiger charge is -2.06. The third-order valence-corrected chi connectivity index (χ3v) is 2.16. The lowest BCUT2D eigenvalue weighted by molar-refractivity contribution is 0.137. The van der Waals surface area contributed by atoms with Gasteiger partial charge in [0.15, 0.2) is 0 Å². The van der Waals surface area contributed by atoms with Gasteiger partial charge in [-0.15, -0.1) is 0 Å². The van der Waals surface area contributed by atoms with Crippen molar-refractivity contribution < 1.29 is 14.6 Å². The van der Waals surface area contributed by atoms with Crippen LogP contribution in [0.3, 0.4) is 0 Å². The zero-order valence-corrected chi connectivity index (χ0v) is 6.53. The minimum atomic E-state index is -0.174. The van der Waals surface area contributed by atoms with E-state index in [2.05, 4.69) is 0 Å². The summed E-state index contributed by atoms with van der Waals surface area (Å²) in [5, 5.41) is 9.40. The Morgan fingerprint density at radius 3 is 2.45 bits per heavy atom. The van der Waals surface area contributed by atoms with Crippen molar-refractivity contribution in [2.45, 2.75) is 37.6 Å². The standard InChI is InChI=1S/C8H14O3/c9-6(3-8-5-11-8)1-2-7-4-10-7/h6-9H,1-5H2. The molecule has 2 saturated heterocycles. The first-order valence-corrected chi connectivity index (χ1v) is 4.26. The van der Waals surface area contributed by atoms with Crippen molar-refractivity contribution in [2.24, 2.45) is 0 Å². The number of epoxide rings is 2. The molecule has 0 aromatic heterocycles. The third-order valence-electron chi connectivity index (χ3n) is 2.16. The highest BCUT2D eigenvalue weighted by Gasteiger charge is 2.28. The Balaban J connectivity index is 1.52. The van der Waals surface area contributed by atoms with Gasteiger partial charge in [0.25, 0.3) is 0 Å². The van der Waals surface area contributed by atoms with Gasteiger partial charge in [-0.25, -0.2) is 0 Å². The van der Waals surface area contributed by atoms with Gasteiger partial charge in [0.2, 0.25) is 0 Å². The molecule has 0 aliphatic carbocycles. The minimum absolute atomic E-state index is 0.174. The molecule has 0 radical (unpaired) electrons. The van der Waals surface area contributed by atoms with Crippen LogP contribution >= 0.6 is 0 Å². The molecule has 0 amide bonds. The molecular formula is C8H14O3. The van der Waals surface area contributed by atoms with E-state index in [0.29, 0.717) is 12.2 Å². The Morgan fingerprint density at radius 2 is 1.91 bits per heavy atom. The molecule has 64 valence electrons. The molecule has 0 bridgehead atoms. The fourth-order valence-corrected chi connectivity index (χ4v) is 1.24. The zero-order chi connectivity index (χ0) is 7.68. The first kappa shape index (κ1) is 7.53. The monoisotopic (exact) mass is 158 g/mol. The summed E-state index contributed by atoms with van der Waals surface area (Å²) < 4.78 is 10.0. The van der Waals surface area contributed by atoms with Crippen LogP contribution in [0.15, 0.2) is 0 Å². The van der Waals surface area contributed by atoms with E-state index < -0.39 is 0 Å². The van der Waals surface area contributed by atoms with E-state index in [4.69, 9.17) is 9.47 Å². The summed E-state index contributed by atoms with van der Waals surface area (Å²) >= 11 is 0. The first-order valence-electron chi connectivity index (χ1n) is 4.26. The van der Waals surface area contributed by atoms with Gasteiger partial charge in [0, 0.05) is 6.42 Å². The molecule has 2 fully saturated rings. The van der Waals surface area contributed by atoms with E-state index in [-0.39, 0.29) is 6.10 Å². The highest BCUT2D eigenvalue weighted by molar-refractivity contribution is 4.76. The fourth-order valence-electron chi connectivity index (χ4n) is 1.24. The predicted octanol–water partition coefficient (Wildman–Crippen LogP) is 0.315. The lowest BCUT2D eigenvalue weighted by atomic mass is 10.1. The summed E-state index contributed by atoms with van der Waals surface area (Å²) in [6.07, 6.45) is 3.31. The Labute approximate surface area is 66.3 Å². The molecule has 3 atom stereocenters. The van der Waals surface area contributed by atoms with Crippen LogP contribution in [0.4, 0.5) is 0 Å². The van der Waals surface area contributed by atoms with Crippen LogP contribution in [0.5, 0.6) is 0 Å². The maximum absolute atomic E-state index is 9.40. The van der Waals surface area contributed by atoms with Crippen molar-refractivity contribution >= 4 is 0 Å². The molecule has 3 nitrogen and oxygen atoms in total. The number of aliphatic hydroxyl groups excluding tert-OH is 1. The molecule has 3 unspecified atom stereocenters. The van der Waals surface area contributed by atoms with Crippen molar-refractivity contribution in [1.29, 1.82) is 0 Å². The van der Waals surface area contributed by atoms with E-state index in [1.54, 1.807) is 0 Å². The average Bonchev–Trinajstić information content (AvgIpc) is 2.80. The van der Waals surface area contributed by atoms with Gasteiger partial charge < -0.3 is 14.6 Å².